The lowest BCUT2D eigenvalue weighted by molar-refractivity contribution is -0.117. The zero-order valence-corrected chi connectivity index (χ0v) is 16.6. The second-order valence-electron chi connectivity index (χ2n) is 6.99. The number of carbonyl (C=O) groups excluding carboxylic acids is 1. The van der Waals surface area contributed by atoms with E-state index in [1.807, 2.05) is 24.3 Å². The number of hydrogen-bond acceptors (Lipinski definition) is 4. The predicted octanol–water partition coefficient (Wildman–Crippen LogP) is 3.50. The molecular weight excluding hydrogens is 352 g/mol. The molecule has 0 radical (unpaired) electrons. The molecule has 0 bridgehead atoms. The van der Waals surface area contributed by atoms with Crippen LogP contribution in [0.25, 0.3) is 6.08 Å². The zero-order valence-electron chi connectivity index (χ0n) is 16.6. The summed E-state index contributed by atoms with van der Waals surface area (Å²) in [5, 5.41) is 3.12. The number of benzene rings is 2. The lowest BCUT2D eigenvalue weighted by atomic mass is 10.0. The summed E-state index contributed by atoms with van der Waals surface area (Å²) in [5.41, 5.74) is 2.15. The Kier molecular flexibility index (Phi) is 7.09. The average molecular weight is 380 g/mol. The average Bonchev–Trinajstić information content (AvgIpc) is 2.74. The van der Waals surface area contributed by atoms with E-state index in [4.69, 9.17) is 9.47 Å². The first-order valence-electron chi connectivity index (χ1n) is 9.65. The predicted molar refractivity (Wildman–Crippen MR) is 111 cm³/mol. The van der Waals surface area contributed by atoms with Crippen LogP contribution in [0, 0.1) is 0 Å². The van der Waals surface area contributed by atoms with E-state index in [2.05, 4.69) is 34.5 Å². The van der Waals surface area contributed by atoms with Gasteiger partial charge in [-0.2, -0.15) is 0 Å². The third-order valence-electron chi connectivity index (χ3n) is 5.03. The number of nitrogens with zero attached hydrogens (tertiary/aromatic N) is 1. The molecule has 5 heteroatoms. The largest absolute Gasteiger partial charge is 0.497 e. The quantitative estimate of drug-likeness (QED) is 0.747. The number of likely N-dealkylation sites (tertiary alicyclic amines) is 1. The van der Waals surface area contributed by atoms with Crippen LogP contribution in [0.15, 0.2) is 54.6 Å². The first kappa shape index (κ1) is 20.0. The fourth-order valence-electron chi connectivity index (χ4n) is 3.46. The van der Waals surface area contributed by atoms with Crippen LogP contribution >= 0.6 is 0 Å². The molecule has 0 atom stereocenters. The second-order valence-corrected chi connectivity index (χ2v) is 6.99. The summed E-state index contributed by atoms with van der Waals surface area (Å²) in [5.74, 6) is 1.36. The van der Waals surface area contributed by atoms with Gasteiger partial charge in [0.2, 0.25) is 5.91 Å². The molecule has 1 aliphatic rings. The molecule has 1 heterocycles. The van der Waals surface area contributed by atoms with E-state index in [0.717, 1.165) is 43.8 Å². The summed E-state index contributed by atoms with van der Waals surface area (Å²) in [6, 6.07) is 16.2. The molecule has 0 unspecified atom stereocenters. The van der Waals surface area contributed by atoms with E-state index in [-0.39, 0.29) is 11.9 Å². The van der Waals surface area contributed by atoms with Gasteiger partial charge >= 0.3 is 0 Å². The second kappa shape index (κ2) is 9.95. The number of ether oxygens (including phenoxy) is 2. The fraction of sp³-hybridized carbons (Fsp3) is 0.348. The van der Waals surface area contributed by atoms with Crippen molar-refractivity contribution in [1.29, 1.82) is 0 Å². The van der Waals surface area contributed by atoms with Crippen LogP contribution < -0.4 is 14.8 Å². The van der Waals surface area contributed by atoms with Gasteiger partial charge in [-0.15, -0.1) is 0 Å². The number of rotatable bonds is 7. The minimum atomic E-state index is -0.0774. The van der Waals surface area contributed by atoms with Crippen LogP contribution in [-0.4, -0.2) is 44.2 Å². The van der Waals surface area contributed by atoms with Gasteiger partial charge in [-0.3, -0.25) is 9.69 Å². The summed E-state index contributed by atoms with van der Waals surface area (Å²) >= 11 is 0. The minimum Gasteiger partial charge on any atom is -0.497 e. The number of nitrogens with one attached hydrogen (secondary N) is 1. The van der Waals surface area contributed by atoms with Gasteiger partial charge < -0.3 is 14.8 Å². The van der Waals surface area contributed by atoms with Crippen LogP contribution in [0.5, 0.6) is 11.5 Å². The van der Waals surface area contributed by atoms with Crippen molar-refractivity contribution in [3.63, 3.8) is 0 Å². The Morgan fingerprint density at radius 2 is 1.86 bits per heavy atom. The lowest BCUT2D eigenvalue weighted by Crippen LogP contribution is -2.43. The molecule has 1 amide bonds. The summed E-state index contributed by atoms with van der Waals surface area (Å²) in [6.45, 7) is 2.96. The molecule has 5 nitrogen and oxygen atoms in total. The van der Waals surface area contributed by atoms with Crippen LogP contribution in [0.4, 0.5) is 0 Å². The maximum absolute atomic E-state index is 12.3. The highest BCUT2D eigenvalue weighted by Gasteiger charge is 2.20. The molecule has 2 aromatic carbocycles. The Labute approximate surface area is 167 Å². The molecule has 28 heavy (non-hydrogen) atoms. The van der Waals surface area contributed by atoms with Crippen molar-refractivity contribution in [2.24, 2.45) is 0 Å². The Morgan fingerprint density at radius 3 is 2.54 bits per heavy atom. The molecule has 1 aliphatic heterocycles. The third-order valence-corrected chi connectivity index (χ3v) is 5.03. The molecule has 0 aromatic heterocycles. The zero-order chi connectivity index (χ0) is 19.8. The molecule has 0 aliphatic carbocycles. The van der Waals surface area contributed by atoms with Gasteiger partial charge in [-0.1, -0.05) is 30.3 Å². The first-order valence-corrected chi connectivity index (χ1v) is 9.65. The Hall–Kier alpha value is -2.79. The van der Waals surface area contributed by atoms with Crippen LogP contribution in [0.1, 0.15) is 24.0 Å². The van der Waals surface area contributed by atoms with E-state index < -0.39 is 0 Å². The Bertz CT molecular complexity index is 797. The monoisotopic (exact) mass is 380 g/mol. The van der Waals surface area contributed by atoms with Crippen molar-refractivity contribution in [1.82, 2.24) is 10.2 Å². The Balaban J connectivity index is 1.49. The normalized spacial score (nSPS) is 15.5. The topological polar surface area (TPSA) is 50.8 Å². The van der Waals surface area contributed by atoms with Gasteiger partial charge in [0.05, 0.1) is 14.2 Å². The van der Waals surface area contributed by atoms with E-state index in [9.17, 15) is 4.79 Å². The highest BCUT2D eigenvalue weighted by atomic mass is 16.5. The minimum absolute atomic E-state index is 0.0774. The number of amides is 1. The SMILES string of the molecule is COc1ccc(OC)c(/C=C/C(=O)NC2CCN(Cc3ccccc3)CC2)c1. The number of carbonyl (C=O) groups is 1. The number of methoxy groups -OCH3 is 2. The maximum Gasteiger partial charge on any atom is 0.244 e. The molecule has 2 aromatic rings. The van der Waals surface area contributed by atoms with E-state index in [1.54, 1.807) is 26.4 Å². The van der Waals surface area contributed by atoms with Gasteiger partial charge in [0.1, 0.15) is 11.5 Å². The van der Waals surface area contributed by atoms with Crippen molar-refractivity contribution in [2.45, 2.75) is 25.4 Å². The first-order chi connectivity index (χ1) is 13.7. The summed E-state index contributed by atoms with van der Waals surface area (Å²) in [6.07, 6.45) is 5.26. The van der Waals surface area contributed by atoms with Gasteiger partial charge in [0, 0.05) is 37.3 Å². The molecule has 1 N–H and O–H groups in total. The highest BCUT2D eigenvalue weighted by Crippen LogP contribution is 2.25. The molecule has 1 fully saturated rings. The molecule has 0 saturated carbocycles. The van der Waals surface area contributed by atoms with E-state index in [0.29, 0.717) is 5.75 Å². The van der Waals surface area contributed by atoms with Crippen molar-refractivity contribution in [3.8, 4) is 11.5 Å². The van der Waals surface area contributed by atoms with Gasteiger partial charge in [0.15, 0.2) is 0 Å². The number of piperidine rings is 1. The van der Waals surface area contributed by atoms with E-state index >= 15 is 0 Å². The van der Waals surface area contributed by atoms with Crippen molar-refractivity contribution in [2.75, 3.05) is 27.3 Å². The standard InChI is InChI=1S/C23H28N2O3/c1-27-21-9-10-22(28-2)19(16-21)8-11-23(26)24-20-12-14-25(15-13-20)17-18-6-4-3-5-7-18/h3-11,16,20H,12-15,17H2,1-2H3,(H,24,26)/b11-8+. The third kappa shape index (κ3) is 5.60. The summed E-state index contributed by atoms with van der Waals surface area (Å²) in [4.78, 5) is 14.8. The van der Waals surface area contributed by atoms with Crippen LogP contribution in [-0.2, 0) is 11.3 Å². The fourth-order valence-corrected chi connectivity index (χ4v) is 3.46. The summed E-state index contributed by atoms with van der Waals surface area (Å²) in [7, 11) is 3.23. The molecule has 1 saturated heterocycles. The Morgan fingerprint density at radius 1 is 1.11 bits per heavy atom. The molecule has 148 valence electrons. The van der Waals surface area contributed by atoms with Crippen LogP contribution in [0.3, 0.4) is 0 Å². The highest BCUT2D eigenvalue weighted by molar-refractivity contribution is 5.92. The van der Waals surface area contributed by atoms with E-state index in [1.165, 1.54) is 5.56 Å². The van der Waals surface area contributed by atoms with Crippen molar-refractivity contribution >= 4 is 12.0 Å². The summed E-state index contributed by atoms with van der Waals surface area (Å²) < 4.78 is 10.6. The van der Waals surface area contributed by atoms with Crippen LogP contribution in [0.2, 0.25) is 0 Å². The molecular formula is C23H28N2O3. The smallest absolute Gasteiger partial charge is 0.244 e. The maximum atomic E-state index is 12.3. The number of hydrogen-bond donors (Lipinski definition) is 1. The molecule has 0 spiro atoms. The molecule has 3 rings (SSSR count). The van der Waals surface area contributed by atoms with Gasteiger partial charge in [0.25, 0.3) is 0 Å². The van der Waals surface area contributed by atoms with Crippen molar-refractivity contribution in [3.05, 3.63) is 65.7 Å². The lowest BCUT2D eigenvalue weighted by Gasteiger charge is -2.32. The van der Waals surface area contributed by atoms with Gasteiger partial charge in [-0.05, 0) is 42.7 Å². The van der Waals surface area contributed by atoms with Crippen molar-refractivity contribution < 1.29 is 14.3 Å². The van der Waals surface area contributed by atoms with Gasteiger partial charge in [-0.25, -0.2) is 0 Å².